The zero-order valence-electron chi connectivity index (χ0n) is 13.0. The number of carbonyl (C=O) groups is 2. The molecule has 1 amide bonds. The first kappa shape index (κ1) is 18.2. The van der Waals surface area contributed by atoms with Crippen LogP contribution in [0.4, 0.5) is 5.69 Å². The van der Waals surface area contributed by atoms with Crippen LogP contribution in [0.1, 0.15) is 30.1 Å². The molecule has 0 aliphatic rings. The van der Waals surface area contributed by atoms with E-state index in [2.05, 4.69) is 5.32 Å². The van der Waals surface area contributed by atoms with Gasteiger partial charge in [-0.25, -0.2) is 4.79 Å². The average molecular weight is 326 g/mol. The highest BCUT2D eigenvalue weighted by atomic mass is 16.6. The molecule has 1 unspecified atom stereocenters. The molecular weight excluding hydrogens is 308 g/mol. The molecule has 0 saturated carbocycles. The van der Waals surface area contributed by atoms with Gasteiger partial charge in [0.25, 0.3) is 11.6 Å². The van der Waals surface area contributed by atoms with Gasteiger partial charge in [0.15, 0.2) is 11.5 Å². The molecule has 9 nitrogen and oxygen atoms in total. The Morgan fingerprint density at radius 2 is 1.87 bits per heavy atom. The predicted molar refractivity (Wildman–Crippen MR) is 80.0 cm³/mol. The number of nitro groups is 1. The molecule has 0 aliphatic carbocycles. The summed E-state index contributed by atoms with van der Waals surface area (Å²) in [7, 11) is 2.63. The maximum Gasteiger partial charge on any atom is 0.326 e. The topological polar surface area (TPSA) is 128 Å². The Morgan fingerprint density at radius 1 is 1.30 bits per heavy atom. The molecule has 0 saturated heterocycles. The Bertz CT molecular complexity index is 615. The minimum absolute atomic E-state index is 0.0964. The quantitative estimate of drug-likeness (QED) is 0.548. The molecular formula is C14H18N2O7. The van der Waals surface area contributed by atoms with Gasteiger partial charge in [0.1, 0.15) is 11.6 Å². The highest BCUT2D eigenvalue weighted by Crippen LogP contribution is 2.34. The van der Waals surface area contributed by atoms with Crippen LogP contribution in [-0.4, -0.2) is 42.2 Å². The molecule has 2 N–H and O–H groups in total. The monoisotopic (exact) mass is 326 g/mol. The Kier molecular flexibility index (Phi) is 6.31. The van der Waals surface area contributed by atoms with Gasteiger partial charge >= 0.3 is 5.97 Å². The molecule has 9 heteroatoms. The first-order valence-corrected chi connectivity index (χ1v) is 6.79. The molecule has 0 bridgehead atoms. The van der Waals surface area contributed by atoms with E-state index < -0.39 is 28.5 Å². The van der Waals surface area contributed by atoms with Gasteiger partial charge in [-0.15, -0.1) is 0 Å². The van der Waals surface area contributed by atoms with Gasteiger partial charge in [0.2, 0.25) is 0 Å². The van der Waals surface area contributed by atoms with Crippen LogP contribution < -0.4 is 14.8 Å². The SMILES string of the molecule is CCCC(NC(=O)c1cc(OC)c(OC)cc1[N+](=O)[O-])C(=O)O. The highest BCUT2D eigenvalue weighted by Gasteiger charge is 2.27. The third kappa shape index (κ3) is 4.31. The van der Waals surface area contributed by atoms with Crippen LogP contribution in [0.2, 0.25) is 0 Å². The van der Waals surface area contributed by atoms with E-state index in [9.17, 15) is 19.7 Å². The highest BCUT2D eigenvalue weighted by molar-refractivity contribution is 6.00. The summed E-state index contributed by atoms with van der Waals surface area (Å²) >= 11 is 0. The van der Waals surface area contributed by atoms with E-state index in [1.165, 1.54) is 14.2 Å². The molecule has 0 heterocycles. The van der Waals surface area contributed by atoms with Crippen LogP contribution in [-0.2, 0) is 4.79 Å². The van der Waals surface area contributed by atoms with Crippen molar-refractivity contribution in [3.8, 4) is 11.5 Å². The second-order valence-electron chi connectivity index (χ2n) is 4.63. The fourth-order valence-electron chi connectivity index (χ4n) is 1.98. The smallest absolute Gasteiger partial charge is 0.326 e. The molecule has 1 rings (SSSR count). The molecule has 0 aromatic heterocycles. The first-order chi connectivity index (χ1) is 10.8. The number of aliphatic carboxylic acids is 1. The van der Waals surface area contributed by atoms with Crippen LogP contribution in [0.5, 0.6) is 11.5 Å². The minimum atomic E-state index is -1.21. The number of hydrogen-bond donors (Lipinski definition) is 2. The van der Waals surface area contributed by atoms with Crippen molar-refractivity contribution in [3.63, 3.8) is 0 Å². The van der Waals surface area contributed by atoms with E-state index in [0.717, 1.165) is 12.1 Å². The third-order valence-electron chi connectivity index (χ3n) is 3.12. The number of hydrogen-bond acceptors (Lipinski definition) is 6. The molecule has 1 atom stereocenters. The summed E-state index contributed by atoms with van der Waals surface area (Å²) in [5.74, 6) is -1.84. The van der Waals surface area contributed by atoms with Crippen molar-refractivity contribution in [3.05, 3.63) is 27.8 Å². The molecule has 0 radical (unpaired) electrons. The van der Waals surface area contributed by atoms with Gasteiger partial charge in [0, 0.05) is 6.07 Å². The normalized spacial score (nSPS) is 11.4. The Balaban J connectivity index is 3.25. The fraction of sp³-hybridized carbons (Fsp3) is 0.429. The largest absolute Gasteiger partial charge is 0.493 e. The van der Waals surface area contributed by atoms with Gasteiger partial charge in [-0.3, -0.25) is 14.9 Å². The van der Waals surface area contributed by atoms with E-state index >= 15 is 0 Å². The molecule has 0 aliphatic heterocycles. The lowest BCUT2D eigenvalue weighted by Gasteiger charge is -2.15. The molecule has 126 valence electrons. The van der Waals surface area contributed by atoms with Crippen molar-refractivity contribution >= 4 is 17.6 Å². The van der Waals surface area contributed by atoms with Crippen molar-refractivity contribution < 1.29 is 29.1 Å². The number of nitrogens with zero attached hydrogens (tertiary/aromatic N) is 1. The second kappa shape index (κ2) is 7.97. The number of carbonyl (C=O) groups excluding carboxylic acids is 1. The summed E-state index contributed by atoms with van der Waals surface area (Å²) in [4.78, 5) is 33.8. The van der Waals surface area contributed by atoms with Crippen LogP contribution >= 0.6 is 0 Å². The summed E-state index contributed by atoms with van der Waals surface area (Å²) in [5, 5.41) is 22.5. The summed E-state index contributed by atoms with van der Waals surface area (Å²) in [6.07, 6.45) is 0.743. The number of carboxylic acids is 1. The summed E-state index contributed by atoms with van der Waals surface area (Å²) in [6, 6.07) is 1.08. The number of nitrogens with one attached hydrogen (secondary N) is 1. The number of amides is 1. The zero-order chi connectivity index (χ0) is 17.6. The van der Waals surface area contributed by atoms with Crippen molar-refractivity contribution in [1.29, 1.82) is 0 Å². The first-order valence-electron chi connectivity index (χ1n) is 6.79. The average Bonchev–Trinajstić information content (AvgIpc) is 2.52. The van der Waals surface area contributed by atoms with Gasteiger partial charge in [-0.05, 0) is 6.42 Å². The molecule has 1 aromatic carbocycles. The molecule has 0 spiro atoms. The van der Waals surface area contributed by atoms with Crippen LogP contribution in [0, 0.1) is 10.1 Å². The number of carboxylic acid groups (broad SMARTS) is 1. The lowest BCUT2D eigenvalue weighted by Crippen LogP contribution is -2.40. The van der Waals surface area contributed by atoms with Gasteiger partial charge < -0.3 is 19.9 Å². The zero-order valence-corrected chi connectivity index (χ0v) is 13.0. The number of rotatable bonds is 8. The minimum Gasteiger partial charge on any atom is -0.493 e. The van der Waals surface area contributed by atoms with Gasteiger partial charge in [0.05, 0.1) is 25.2 Å². The Morgan fingerprint density at radius 3 is 2.30 bits per heavy atom. The summed E-state index contributed by atoms with van der Waals surface area (Å²) in [6.45, 7) is 1.76. The molecule has 0 fully saturated rings. The maximum absolute atomic E-state index is 12.3. The van der Waals surface area contributed by atoms with Crippen LogP contribution in [0.15, 0.2) is 12.1 Å². The van der Waals surface area contributed by atoms with E-state index in [1.807, 2.05) is 0 Å². The lowest BCUT2D eigenvalue weighted by atomic mass is 10.1. The van der Waals surface area contributed by atoms with E-state index in [0.29, 0.717) is 6.42 Å². The lowest BCUT2D eigenvalue weighted by molar-refractivity contribution is -0.385. The summed E-state index contributed by atoms with van der Waals surface area (Å²) in [5.41, 5.74) is -0.796. The van der Waals surface area contributed by atoms with Gasteiger partial charge in [-0.1, -0.05) is 13.3 Å². The standard InChI is InChI=1S/C14H18N2O7/c1-4-5-9(14(18)19)15-13(17)8-6-11(22-2)12(23-3)7-10(8)16(20)21/h6-7,9H,4-5H2,1-3H3,(H,15,17)(H,18,19). The van der Waals surface area contributed by atoms with Crippen molar-refractivity contribution in [2.75, 3.05) is 14.2 Å². The Labute approximate surface area is 132 Å². The number of ether oxygens (including phenoxy) is 2. The molecule has 23 heavy (non-hydrogen) atoms. The Hall–Kier alpha value is -2.84. The predicted octanol–water partition coefficient (Wildman–Crippen LogP) is 1.60. The third-order valence-corrected chi connectivity index (χ3v) is 3.12. The molecule has 1 aromatic rings. The van der Waals surface area contributed by atoms with Crippen LogP contribution in [0.3, 0.4) is 0 Å². The van der Waals surface area contributed by atoms with E-state index in [1.54, 1.807) is 6.92 Å². The van der Waals surface area contributed by atoms with Crippen molar-refractivity contribution in [2.24, 2.45) is 0 Å². The van der Waals surface area contributed by atoms with E-state index in [-0.39, 0.29) is 23.5 Å². The second-order valence-corrected chi connectivity index (χ2v) is 4.63. The number of nitro benzene ring substituents is 1. The number of benzene rings is 1. The van der Waals surface area contributed by atoms with Gasteiger partial charge in [-0.2, -0.15) is 0 Å². The van der Waals surface area contributed by atoms with E-state index in [4.69, 9.17) is 14.6 Å². The van der Waals surface area contributed by atoms with Crippen molar-refractivity contribution in [2.45, 2.75) is 25.8 Å². The summed E-state index contributed by atoms with van der Waals surface area (Å²) < 4.78 is 9.98. The number of methoxy groups -OCH3 is 2. The van der Waals surface area contributed by atoms with Crippen LogP contribution in [0.25, 0.3) is 0 Å². The fourth-order valence-corrected chi connectivity index (χ4v) is 1.98. The van der Waals surface area contributed by atoms with Crippen molar-refractivity contribution in [1.82, 2.24) is 5.32 Å². The maximum atomic E-state index is 12.3.